The standard InChI is InChI=1S/C3H6O.CH2O2.CH4O/c1-3(2)4;2-1-3;1-2/h1-2H3;1H,(H,2,3);2H,1H3. The second kappa shape index (κ2) is 27.5. The van der Waals surface area contributed by atoms with Crippen LogP contribution in [0.15, 0.2) is 0 Å². The van der Waals surface area contributed by atoms with E-state index in [9.17, 15) is 4.79 Å². The van der Waals surface area contributed by atoms with Crippen LogP contribution in [0.2, 0.25) is 0 Å². The first kappa shape index (κ1) is 15.7. The molecule has 0 radical (unpaired) electrons. The molecule has 0 fully saturated rings. The van der Waals surface area contributed by atoms with Gasteiger partial charge in [-0.2, -0.15) is 0 Å². The molecule has 0 aromatic rings. The van der Waals surface area contributed by atoms with Crippen molar-refractivity contribution in [3.05, 3.63) is 0 Å². The molecule has 4 heteroatoms. The minimum absolute atomic E-state index is 0.167. The number of ketones is 1. The summed E-state index contributed by atoms with van der Waals surface area (Å²) < 4.78 is 0. The Morgan fingerprint density at radius 1 is 1.33 bits per heavy atom. The first-order valence-corrected chi connectivity index (χ1v) is 2.15. The molecular weight excluding hydrogens is 124 g/mol. The minimum Gasteiger partial charge on any atom is -0.483 e. The number of carbonyl (C=O) groups is 2. The van der Waals surface area contributed by atoms with E-state index in [1.54, 1.807) is 0 Å². The molecule has 0 aliphatic heterocycles. The summed E-state index contributed by atoms with van der Waals surface area (Å²) >= 11 is 0. The highest BCUT2D eigenvalue weighted by atomic mass is 16.3. The predicted molar refractivity (Wildman–Crippen MR) is 33.2 cm³/mol. The third-order valence-corrected chi connectivity index (χ3v) is 0. The van der Waals surface area contributed by atoms with E-state index >= 15 is 0 Å². The van der Waals surface area contributed by atoms with Gasteiger partial charge in [-0.3, -0.25) is 4.79 Å². The lowest BCUT2D eigenvalue weighted by Crippen LogP contribution is -1.69. The predicted octanol–water partition coefficient (Wildman–Crippen LogP) is -0.0954. The molecule has 0 unspecified atom stereocenters. The second-order valence-corrected chi connectivity index (χ2v) is 1.01. The molecule has 0 heterocycles. The molecule has 2 N–H and O–H groups in total. The number of Topliss-reactive ketones (excluding diaryl/α,β-unsaturated/α-hetero) is 1. The van der Waals surface area contributed by atoms with E-state index in [1.165, 1.54) is 13.8 Å². The number of carbonyl (C=O) groups excluding carboxylic acids is 1. The number of aliphatic hydroxyl groups excluding tert-OH is 1. The quantitative estimate of drug-likeness (QED) is 0.456. The molecular formula is C5H12O4. The molecule has 9 heavy (non-hydrogen) atoms. The topological polar surface area (TPSA) is 74.6 Å². The summed E-state index contributed by atoms with van der Waals surface area (Å²) in [6.07, 6.45) is 0. The molecule has 0 aliphatic rings. The van der Waals surface area contributed by atoms with Crippen molar-refractivity contribution in [2.75, 3.05) is 7.11 Å². The zero-order valence-corrected chi connectivity index (χ0v) is 5.79. The number of hydrogen-bond donors (Lipinski definition) is 2. The van der Waals surface area contributed by atoms with Gasteiger partial charge in [0.25, 0.3) is 6.47 Å². The lowest BCUT2D eigenvalue weighted by Gasteiger charge is -1.56. The first-order valence-electron chi connectivity index (χ1n) is 2.15. The Morgan fingerprint density at radius 2 is 1.33 bits per heavy atom. The molecule has 0 atom stereocenters. The summed E-state index contributed by atoms with van der Waals surface area (Å²) in [5, 5.41) is 13.9. The molecule has 0 saturated carbocycles. The van der Waals surface area contributed by atoms with Crippen molar-refractivity contribution in [2.45, 2.75) is 13.8 Å². The molecule has 4 nitrogen and oxygen atoms in total. The average molecular weight is 136 g/mol. The number of rotatable bonds is 0. The van der Waals surface area contributed by atoms with Gasteiger partial charge in [0.2, 0.25) is 0 Å². The minimum atomic E-state index is -0.250. The van der Waals surface area contributed by atoms with Gasteiger partial charge in [0.15, 0.2) is 0 Å². The fraction of sp³-hybridized carbons (Fsp3) is 0.600. The SMILES string of the molecule is CC(C)=O.CO.O=CO. The van der Waals surface area contributed by atoms with Gasteiger partial charge in [0, 0.05) is 7.11 Å². The van der Waals surface area contributed by atoms with E-state index in [1.807, 2.05) is 0 Å². The van der Waals surface area contributed by atoms with Crippen LogP contribution in [-0.4, -0.2) is 29.6 Å². The van der Waals surface area contributed by atoms with Crippen LogP contribution >= 0.6 is 0 Å². The molecule has 56 valence electrons. The Bertz CT molecular complexity index is 56.0. The third-order valence-electron chi connectivity index (χ3n) is 0. The maximum absolute atomic E-state index is 9.44. The van der Waals surface area contributed by atoms with Crippen molar-refractivity contribution >= 4 is 12.3 Å². The van der Waals surface area contributed by atoms with Crippen molar-refractivity contribution in [3.8, 4) is 0 Å². The highest BCUT2D eigenvalue weighted by molar-refractivity contribution is 5.72. The number of carboxylic acid groups (broad SMARTS) is 1. The van der Waals surface area contributed by atoms with E-state index in [0.29, 0.717) is 0 Å². The van der Waals surface area contributed by atoms with Gasteiger partial charge >= 0.3 is 0 Å². The normalized spacial score (nSPS) is 4.89. The second-order valence-electron chi connectivity index (χ2n) is 1.01. The van der Waals surface area contributed by atoms with E-state index in [4.69, 9.17) is 15.0 Å². The van der Waals surface area contributed by atoms with Gasteiger partial charge in [0.05, 0.1) is 0 Å². The van der Waals surface area contributed by atoms with Crippen LogP contribution in [-0.2, 0) is 9.59 Å². The highest BCUT2D eigenvalue weighted by Gasteiger charge is 1.62. The number of aliphatic hydroxyl groups is 1. The zero-order chi connectivity index (χ0) is 8.28. The Balaban J connectivity index is -0.0000000646. The first-order chi connectivity index (χ1) is 4.15. The average Bonchev–Trinajstić information content (AvgIpc) is 1.71. The Kier molecular flexibility index (Phi) is 48.0. The molecule has 0 aromatic carbocycles. The molecule has 0 aliphatic carbocycles. The van der Waals surface area contributed by atoms with E-state index in [0.717, 1.165) is 7.11 Å². The van der Waals surface area contributed by atoms with Crippen LogP contribution in [0.1, 0.15) is 13.8 Å². The summed E-state index contributed by atoms with van der Waals surface area (Å²) in [5.74, 6) is 0.167. The molecule has 0 bridgehead atoms. The zero-order valence-electron chi connectivity index (χ0n) is 5.79. The molecule has 0 amide bonds. The van der Waals surface area contributed by atoms with E-state index in [-0.39, 0.29) is 12.3 Å². The maximum atomic E-state index is 9.44. The van der Waals surface area contributed by atoms with E-state index < -0.39 is 0 Å². The van der Waals surface area contributed by atoms with Crippen molar-refractivity contribution in [1.82, 2.24) is 0 Å². The Labute approximate surface area is 54.1 Å². The van der Waals surface area contributed by atoms with E-state index in [2.05, 4.69) is 0 Å². The van der Waals surface area contributed by atoms with Gasteiger partial charge < -0.3 is 15.0 Å². The fourth-order valence-corrected chi connectivity index (χ4v) is 0. The summed E-state index contributed by atoms with van der Waals surface area (Å²) in [6.45, 7) is 2.81. The van der Waals surface area contributed by atoms with Gasteiger partial charge in [-0.15, -0.1) is 0 Å². The smallest absolute Gasteiger partial charge is 0.290 e. The van der Waals surface area contributed by atoms with Gasteiger partial charge in [-0.1, -0.05) is 0 Å². The van der Waals surface area contributed by atoms with Crippen LogP contribution < -0.4 is 0 Å². The van der Waals surface area contributed by atoms with Gasteiger partial charge in [-0.05, 0) is 13.8 Å². The number of hydrogen-bond acceptors (Lipinski definition) is 3. The molecule has 0 aromatic heterocycles. The maximum Gasteiger partial charge on any atom is 0.290 e. The third kappa shape index (κ3) is 228. The lowest BCUT2D eigenvalue weighted by molar-refractivity contribution is -0.123. The summed E-state index contributed by atoms with van der Waals surface area (Å²) in [7, 11) is 1.00. The summed E-state index contributed by atoms with van der Waals surface area (Å²) in [5.41, 5.74) is 0. The van der Waals surface area contributed by atoms with Crippen LogP contribution in [0.25, 0.3) is 0 Å². The van der Waals surface area contributed by atoms with Crippen molar-refractivity contribution in [1.29, 1.82) is 0 Å². The Morgan fingerprint density at radius 3 is 1.33 bits per heavy atom. The van der Waals surface area contributed by atoms with Crippen molar-refractivity contribution < 1.29 is 19.8 Å². The lowest BCUT2D eigenvalue weighted by atomic mass is 10.6. The molecule has 0 rings (SSSR count). The Hall–Kier alpha value is -0.900. The van der Waals surface area contributed by atoms with Crippen LogP contribution in [0, 0.1) is 0 Å². The molecule has 0 spiro atoms. The molecule has 0 saturated heterocycles. The highest BCUT2D eigenvalue weighted by Crippen LogP contribution is 1.50. The van der Waals surface area contributed by atoms with Crippen molar-refractivity contribution in [3.63, 3.8) is 0 Å². The van der Waals surface area contributed by atoms with Crippen LogP contribution in [0.5, 0.6) is 0 Å². The fourth-order valence-electron chi connectivity index (χ4n) is 0. The largest absolute Gasteiger partial charge is 0.483 e. The summed E-state index contributed by atoms with van der Waals surface area (Å²) in [4.78, 5) is 17.8. The van der Waals surface area contributed by atoms with Gasteiger partial charge in [0.1, 0.15) is 5.78 Å². The monoisotopic (exact) mass is 136 g/mol. The van der Waals surface area contributed by atoms with Crippen LogP contribution in [0.4, 0.5) is 0 Å². The summed E-state index contributed by atoms with van der Waals surface area (Å²) in [6, 6.07) is 0. The van der Waals surface area contributed by atoms with Crippen molar-refractivity contribution in [2.24, 2.45) is 0 Å². The van der Waals surface area contributed by atoms with Crippen LogP contribution in [0.3, 0.4) is 0 Å². The van der Waals surface area contributed by atoms with Gasteiger partial charge in [-0.25, -0.2) is 0 Å².